The molecule has 0 radical (unpaired) electrons. The van der Waals surface area contributed by atoms with Crippen molar-refractivity contribution < 1.29 is 9.90 Å². The lowest BCUT2D eigenvalue weighted by Crippen LogP contribution is -2.39. The Balaban J connectivity index is 1.84. The zero-order chi connectivity index (χ0) is 13.7. The molecule has 0 spiro atoms. The topological polar surface area (TPSA) is 49.3 Å². The maximum Gasteiger partial charge on any atom is 0.308 e. The van der Waals surface area contributed by atoms with E-state index in [1.54, 1.807) is 11.3 Å². The summed E-state index contributed by atoms with van der Waals surface area (Å²) in [6, 6.07) is 4.59. The second-order valence-corrected chi connectivity index (χ2v) is 7.31. The molecule has 1 heterocycles. The highest BCUT2D eigenvalue weighted by Crippen LogP contribution is 2.27. The summed E-state index contributed by atoms with van der Waals surface area (Å²) in [6.45, 7) is 0.867. The highest BCUT2D eigenvalue weighted by molar-refractivity contribution is 7.99. The minimum absolute atomic E-state index is 0.140. The Kier molecular flexibility index (Phi) is 5.73. The van der Waals surface area contributed by atoms with Crippen molar-refractivity contribution in [1.82, 2.24) is 5.32 Å². The zero-order valence-corrected chi connectivity index (χ0v) is 12.9. The molecule has 19 heavy (non-hydrogen) atoms. The van der Waals surface area contributed by atoms with Crippen molar-refractivity contribution in [2.75, 3.05) is 6.26 Å². The van der Waals surface area contributed by atoms with E-state index in [0.717, 1.165) is 16.7 Å². The molecule has 0 aromatic carbocycles. The third-order valence-electron chi connectivity index (χ3n) is 3.59. The van der Waals surface area contributed by atoms with E-state index in [2.05, 4.69) is 11.6 Å². The number of thioether (sulfide) groups is 1. The third-order valence-corrected chi connectivity index (χ3v) is 5.84. The molecule has 2 unspecified atom stereocenters. The van der Waals surface area contributed by atoms with Crippen molar-refractivity contribution in [1.29, 1.82) is 0 Å². The Labute approximate surface area is 122 Å². The fraction of sp³-hybridized carbons (Fsp3) is 0.643. The van der Waals surface area contributed by atoms with Gasteiger partial charge in [-0.25, -0.2) is 0 Å². The van der Waals surface area contributed by atoms with E-state index >= 15 is 0 Å². The van der Waals surface area contributed by atoms with E-state index in [1.165, 1.54) is 30.6 Å². The van der Waals surface area contributed by atoms with Crippen molar-refractivity contribution >= 4 is 29.1 Å². The molecule has 2 atom stereocenters. The Bertz CT molecular complexity index is 419. The number of carboxylic acid groups (broad SMARTS) is 1. The van der Waals surface area contributed by atoms with Crippen LogP contribution in [0.4, 0.5) is 0 Å². The first-order chi connectivity index (χ1) is 9.19. The largest absolute Gasteiger partial charge is 0.481 e. The first-order valence-corrected chi connectivity index (χ1v) is 8.85. The number of nitrogens with one attached hydrogen (secondary N) is 1. The Morgan fingerprint density at radius 3 is 2.89 bits per heavy atom. The highest BCUT2D eigenvalue weighted by atomic mass is 32.2. The van der Waals surface area contributed by atoms with E-state index in [9.17, 15) is 4.79 Å². The molecule has 3 nitrogen and oxygen atoms in total. The predicted molar refractivity (Wildman–Crippen MR) is 82.1 cm³/mol. The van der Waals surface area contributed by atoms with Crippen LogP contribution in [0.15, 0.2) is 12.1 Å². The van der Waals surface area contributed by atoms with Gasteiger partial charge in [0.2, 0.25) is 0 Å². The SMILES string of the molecule is CSC1CCCCC1NCc1ccc(CC(=O)O)s1. The fourth-order valence-corrected chi connectivity index (χ4v) is 4.53. The van der Waals surface area contributed by atoms with Gasteiger partial charge in [-0.1, -0.05) is 12.8 Å². The van der Waals surface area contributed by atoms with Gasteiger partial charge in [0.15, 0.2) is 0 Å². The van der Waals surface area contributed by atoms with Gasteiger partial charge in [0, 0.05) is 27.6 Å². The van der Waals surface area contributed by atoms with E-state index in [-0.39, 0.29) is 6.42 Å². The van der Waals surface area contributed by atoms with E-state index in [4.69, 9.17) is 5.11 Å². The Morgan fingerprint density at radius 2 is 2.16 bits per heavy atom. The van der Waals surface area contributed by atoms with Gasteiger partial charge in [0.25, 0.3) is 0 Å². The molecule has 5 heteroatoms. The van der Waals surface area contributed by atoms with Crippen LogP contribution in [-0.2, 0) is 17.8 Å². The summed E-state index contributed by atoms with van der Waals surface area (Å²) in [5.74, 6) is -0.754. The minimum atomic E-state index is -0.754. The van der Waals surface area contributed by atoms with Crippen molar-refractivity contribution in [2.45, 2.75) is 49.9 Å². The van der Waals surface area contributed by atoms with Crippen LogP contribution in [0.25, 0.3) is 0 Å². The molecule has 1 aromatic heterocycles. The van der Waals surface area contributed by atoms with Gasteiger partial charge < -0.3 is 10.4 Å². The lowest BCUT2D eigenvalue weighted by molar-refractivity contribution is -0.136. The molecule has 0 amide bonds. The lowest BCUT2D eigenvalue weighted by atomic mass is 9.95. The molecule has 0 saturated heterocycles. The molecule has 1 aliphatic rings. The number of rotatable bonds is 6. The molecule has 2 N–H and O–H groups in total. The van der Waals surface area contributed by atoms with Crippen molar-refractivity contribution in [3.8, 4) is 0 Å². The number of aliphatic carboxylic acids is 1. The van der Waals surface area contributed by atoms with Crippen LogP contribution in [-0.4, -0.2) is 28.6 Å². The van der Waals surface area contributed by atoms with Gasteiger partial charge in [-0.3, -0.25) is 4.79 Å². The second-order valence-electron chi connectivity index (χ2n) is 4.98. The average Bonchev–Trinajstić information content (AvgIpc) is 2.83. The van der Waals surface area contributed by atoms with Gasteiger partial charge in [-0.15, -0.1) is 11.3 Å². The molecule has 0 aliphatic heterocycles. The van der Waals surface area contributed by atoms with Crippen LogP contribution >= 0.6 is 23.1 Å². The molecule has 2 rings (SSSR count). The first-order valence-electron chi connectivity index (χ1n) is 6.74. The molecule has 1 fully saturated rings. The minimum Gasteiger partial charge on any atom is -0.481 e. The summed E-state index contributed by atoms with van der Waals surface area (Å²) in [7, 11) is 0. The summed E-state index contributed by atoms with van der Waals surface area (Å²) < 4.78 is 0. The van der Waals surface area contributed by atoms with Gasteiger partial charge in [0.1, 0.15) is 0 Å². The molecule has 0 bridgehead atoms. The van der Waals surface area contributed by atoms with Crippen LogP contribution in [0.1, 0.15) is 35.4 Å². The number of thiophene rings is 1. The third kappa shape index (κ3) is 4.51. The van der Waals surface area contributed by atoms with E-state index < -0.39 is 5.97 Å². The summed E-state index contributed by atoms with van der Waals surface area (Å²) in [4.78, 5) is 12.8. The summed E-state index contributed by atoms with van der Waals surface area (Å²) in [5.41, 5.74) is 0. The Morgan fingerprint density at radius 1 is 1.42 bits per heavy atom. The molecule has 1 aliphatic carbocycles. The first kappa shape index (κ1) is 14.9. The Hall–Kier alpha value is -0.520. The lowest BCUT2D eigenvalue weighted by Gasteiger charge is -2.31. The number of hydrogen-bond donors (Lipinski definition) is 2. The number of carbonyl (C=O) groups is 1. The number of carboxylic acids is 1. The van der Waals surface area contributed by atoms with Crippen molar-refractivity contribution in [2.24, 2.45) is 0 Å². The van der Waals surface area contributed by atoms with Gasteiger partial charge in [-0.05, 0) is 31.2 Å². The van der Waals surface area contributed by atoms with Crippen molar-refractivity contribution in [3.05, 3.63) is 21.9 Å². The fourth-order valence-electron chi connectivity index (χ4n) is 2.61. The van der Waals surface area contributed by atoms with Crippen LogP contribution in [0.3, 0.4) is 0 Å². The molecule has 106 valence electrons. The summed E-state index contributed by atoms with van der Waals surface area (Å²) in [5, 5.41) is 13.1. The van der Waals surface area contributed by atoms with Crippen LogP contribution in [0.5, 0.6) is 0 Å². The summed E-state index contributed by atoms with van der Waals surface area (Å²) in [6.07, 6.45) is 7.59. The molecular formula is C14H21NO2S2. The maximum atomic E-state index is 10.7. The predicted octanol–water partition coefficient (Wildman–Crippen LogP) is 3.14. The average molecular weight is 299 g/mol. The monoisotopic (exact) mass is 299 g/mol. The second kappa shape index (κ2) is 7.31. The van der Waals surface area contributed by atoms with Crippen molar-refractivity contribution in [3.63, 3.8) is 0 Å². The molecule has 1 aromatic rings. The molecular weight excluding hydrogens is 278 g/mol. The molecule has 1 saturated carbocycles. The van der Waals surface area contributed by atoms with Crippen LogP contribution < -0.4 is 5.32 Å². The highest BCUT2D eigenvalue weighted by Gasteiger charge is 2.23. The van der Waals surface area contributed by atoms with Gasteiger partial charge in [0.05, 0.1) is 6.42 Å². The van der Waals surface area contributed by atoms with E-state index in [1.807, 2.05) is 23.9 Å². The normalized spacial score (nSPS) is 23.4. The van der Waals surface area contributed by atoms with E-state index in [0.29, 0.717) is 6.04 Å². The smallest absolute Gasteiger partial charge is 0.308 e. The maximum absolute atomic E-state index is 10.7. The quantitative estimate of drug-likeness (QED) is 0.847. The zero-order valence-electron chi connectivity index (χ0n) is 11.2. The standard InChI is InChI=1S/C14H21NO2S2/c1-18-13-5-3-2-4-12(13)15-9-11-7-6-10(19-11)8-14(16)17/h6-7,12-13,15H,2-5,8-9H2,1H3,(H,16,17). The summed E-state index contributed by atoms with van der Waals surface area (Å²) >= 11 is 3.57. The van der Waals surface area contributed by atoms with Crippen LogP contribution in [0, 0.1) is 0 Å². The van der Waals surface area contributed by atoms with Gasteiger partial charge in [-0.2, -0.15) is 11.8 Å². The number of hydrogen-bond acceptors (Lipinski definition) is 4. The van der Waals surface area contributed by atoms with Crippen LogP contribution in [0.2, 0.25) is 0 Å². The van der Waals surface area contributed by atoms with Gasteiger partial charge >= 0.3 is 5.97 Å².